The lowest BCUT2D eigenvalue weighted by atomic mass is 9.93. The van der Waals surface area contributed by atoms with Crippen LogP contribution in [0.3, 0.4) is 0 Å². The first-order valence-electron chi connectivity index (χ1n) is 9.43. The van der Waals surface area contributed by atoms with Gasteiger partial charge in [-0.2, -0.15) is 8.42 Å². The lowest BCUT2D eigenvalue weighted by Crippen LogP contribution is -2.41. The summed E-state index contributed by atoms with van der Waals surface area (Å²) < 4.78 is 29.5. The molecule has 27 heavy (non-hydrogen) atoms. The van der Waals surface area contributed by atoms with Gasteiger partial charge in [-0.05, 0) is 51.2 Å². The second kappa shape index (κ2) is 9.46. The van der Waals surface area contributed by atoms with E-state index in [1.54, 1.807) is 31.2 Å². The average molecular weight is 396 g/mol. The van der Waals surface area contributed by atoms with Gasteiger partial charge < -0.3 is 9.69 Å². The Labute approximate surface area is 162 Å². The number of rotatable bonds is 8. The zero-order valence-corrected chi connectivity index (χ0v) is 17.1. The molecule has 0 unspecified atom stereocenters. The van der Waals surface area contributed by atoms with Crippen LogP contribution in [0.2, 0.25) is 0 Å². The van der Waals surface area contributed by atoms with Gasteiger partial charge in [0.2, 0.25) is 5.91 Å². The topological polar surface area (TPSA) is 80.8 Å². The maximum absolute atomic E-state index is 12.3. The van der Waals surface area contributed by atoms with Crippen LogP contribution in [0.25, 0.3) is 0 Å². The molecule has 150 valence electrons. The number of benzene rings is 1. The standard InChI is InChI=1S/C20H29NO5S/c1-15-4-6-19(7-5-15)27(24,25)26-13-10-18-8-11-21(12-9-18)20(23)16(2)14-17(3)22/h4-7,16,18H,8-14H2,1-3H3/t16-/m1/s1. The molecule has 1 aliphatic rings. The molecule has 7 heteroatoms. The molecule has 1 aromatic rings. The van der Waals surface area contributed by atoms with Gasteiger partial charge in [0.25, 0.3) is 10.1 Å². The van der Waals surface area contributed by atoms with E-state index in [4.69, 9.17) is 4.18 Å². The van der Waals surface area contributed by atoms with Crippen molar-refractivity contribution in [3.05, 3.63) is 29.8 Å². The van der Waals surface area contributed by atoms with Crippen molar-refractivity contribution in [2.24, 2.45) is 11.8 Å². The van der Waals surface area contributed by atoms with E-state index in [0.29, 0.717) is 25.4 Å². The summed E-state index contributed by atoms with van der Waals surface area (Å²) in [5.41, 5.74) is 0.993. The van der Waals surface area contributed by atoms with Crippen LogP contribution in [0.5, 0.6) is 0 Å². The number of amides is 1. The van der Waals surface area contributed by atoms with Crippen molar-refractivity contribution >= 4 is 21.8 Å². The normalized spacial score (nSPS) is 16.9. The van der Waals surface area contributed by atoms with Crippen molar-refractivity contribution in [3.8, 4) is 0 Å². The SMILES string of the molecule is CC(=O)C[C@@H](C)C(=O)N1CCC(CCOS(=O)(=O)c2ccc(C)cc2)CC1. The van der Waals surface area contributed by atoms with E-state index < -0.39 is 10.1 Å². The lowest BCUT2D eigenvalue weighted by molar-refractivity contribution is -0.138. The van der Waals surface area contributed by atoms with Gasteiger partial charge in [-0.1, -0.05) is 24.6 Å². The van der Waals surface area contributed by atoms with Gasteiger partial charge >= 0.3 is 0 Å². The third-order valence-electron chi connectivity index (χ3n) is 5.02. The molecular weight excluding hydrogens is 366 g/mol. The molecule has 6 nitrogen and oxygen atoms in total. The van der Waals surface area contributed by atoms with Crippen molar-refractivity contribution in [2.75, 3.05) is 19.7 Å². The fourth-order valence-corrected chi connectivity index (χ4v) is 4.29. The first kappa shape index (κ1) is 21.6. The van der Waals surface area contributed by atoms with Gasteiger partial charge in [0.1, 0.15) is 5.78 Å². The highest BCUT2D eigenvalue weighted by molar-refractivity contribution is 7.86. The third kappa shape index (κ3) is 6.43. The number of Topliss-reactive ketones (excluding diaryl/α,β-unsaturated/α-hetero) is 1. The maximum Gasteiger partial charge on any atom is 0.296 e. The van der Waals surface area contributed by atoms with Crippen LogP contribution in [0.4, 0.5) is 0 Å². The molecule has 0 radical (unpaired) electrons. The van der Waals surface area contributed by atoms with Crippen LogP contribution in [0, 0.1) is 18.8 Å². The van der Waals surface area contributed by atoms with E-state index in [9.17, 15) is 18.0 Å². The molecule has 0 N–H and O–H groups in total. The summed E-state index contributed by atoms with van der Waals surface area (Å²) in [6.45, 7) is 6.64. The molecule has 1 fully saturated rings. The molecule has 1 heterocycles. The lowest BCUT2D eigenvalue weighted by Gasteiger charge is -2.33. The van der Waals surface area contributed by atoms with Crippen molar-refractivity contribution in [2.45, 2.75) is 51.3 Å². The number of aryl methyl sites for hydroxylation is 1. The Balaban J connectivity index is 1.75. The molecule has 1 saturated heterocycles. The number of hydrogen-bond donors (Lipinski definition) is 0. The average Bonchev–Trinajstić information content (AvgIpc) is 2.61. The second-order valence-electron chi connectivity index (χ2n) is 7.45. The molecule has 1 aliphatic heterocycles. The van der Waals surface area contributed by atoms with E-state index in [-0.39, 0.29) is 35.5 Å². The minimum Gasteiger partial charge on any atom is -0.342 e. The zero-order valence-electron chi connectivity index (χ0n) is 16.3. The molecule has 1 amide bonds. The third-order valence-corrected chi connectivity index (χ3v) is 6.34. The van der Waals surface area contributed by atoms with Crippen LogP contribution in [0.1, 0.15) is 45.1 Å². The molecule has 0 bridgehead atoms. The van der Waals surface area contributed by atoms with Gasteiger partial charge in [-0.25, -0.2) is 0 Å². The van der Waals surface area contributed by atoms with E-state index in [1.165, 1.54) is 6.92 Å². The van der Waals surface area contributed by atoms with Crippen LogP contribution in [-0.4, -0.2) is 44.7 Å². The number of nitrogens with zero attached hydrogens (tertiary/aromatic N) is 1. The number of carbonyl (C=O) groups excluding carboxylic acids is 2. The van der Waals surface area contributed by atoms with E-state index >= 15 is 0 Å². The minimum absolute atomic E-state index is 0.0256. The Kier molecular flexibility index (Phi) is 7.56. The van der Waals surface area contributed by atoms with Crippen molar-refractivity contribution in [3.63, 3.8) is 0 Å². The molecule has 0 spiro atoms. The van der Waals surface area contributed by atoms with Crippen molar-refractivity contribution < 1.29 is 22.2 Å². The Morgan fingerprint density at radius 1 is 1.19 bits per heavy atom. The fraction of sp³-hybridized carbons (Fsp3) is 0.600. The molecule has 0 aliphatic carbocycles. The van der Waals surface area contributed by atoms with E-state index in [0.717, 1.165) is 18.4 Å². The largest absolute Gasteiger partial charge is 0.342 e. The Morgan fingerprint density at radius 3 is 2.33 bits per heavy atom. The van der Waals surface area contributed by atoms with E-state index in [1.807, 2.05) is 11.8 Å². The number of ketones is 1. The second-order valence-corrected chi connectivity index (χ2v) is 9.07. The predicted octanol–water partition coefficient (Wildman–Crippen LogP) is 2.94. The summed E-state index contributed by atoms with van der Waals surface area (Å²) in [4.78, 5) is 25.5. The van der Waals surface area contributed by atoms with Crippen LogP contribution >= 0.6 is 0 Å². The summed E-state index contributed by atoms with van der Waals surface area (Å²) in [5.74, 6) is 0.118. The number of carbonyl (C=O) groups is 2. The number of hydrogen-bond acceptors (Lipinski definition) is 5. The highest BCUT2D eigenvalue weighted by Gasteiger charge is 2.27. The molecule has 0 aromatic heterocycles. The summed E-state index contributed by atoms with van der Waals surface area (Å²) in [6, 6.07) is 6.60. The number of piperidine rings is 1. The first-order valence-corrected chi connectivity index (χ1v) is 10.8. The first-order chi connectivity index (χ1) is 12.7. The summed E-state index contributed by atoms with van der Waals surface area (Å²) in [5, 5.41) is 0. The smallest absolute Gasteiger partial charge is 0.296 e. The Bertz CT molecular complexity index is 749. The minimum atomic E-state index is -3.72. The Morgan fingerprint density at radius 2 is 1.78 bits per heavy atom. The van der Waals surface area contributed by atoms with Crippen LogP contribution < -0.4 is 0 Å². The summed E-state index contributed by atoms with van der Waals surface area (Å²) in [6.07, 6.45) is 2.58. The monoisotopic (exact) mass is 395 g/mol. The summed E-state index contributed by atoms with van der Waals surface area (Å²) >= 11 is 0. The quantitative estimate of drug-likeness (QED) is 0.632. The molecule has 0 saturated carbocycles. The van der Waals surface area contributed by atoms with Crippen LogP contribution in [-0.2, 0) is 23.9 Å². The predicted molar refractivity (Wildman–Crippen MR) is 103 cm³/mol. The molecule has 1 atom stereocenters. The summed E-state index contributed by atoms with van der Waals surface area (Å²) in [7, 11) is -3.72. The fourth-order valence-electron chi connectivity index (χ4n) is 3.37. The zero-order chi connectivity index (χ0) is 20.0. The number of likely N-dealkylation sites (tertiary alicyclic amines) is 1. The molecule has 1 aromatic carbocycles. The van der Waals surface area contributed by atoms with E-state index in [2.05, 4.69) is 0 Å². The van der Waals surface area contributed by atoms with Crippen LogP contribution in [0.15, 0.2) is 29.2 Å². The highest BCUT2D eigenvalue weighted by atomic mass is 32.2. The van der Waals surface area contributed by atoms with Gasteiger partial charge in [-0.3, -0.25) is 8.98 Å². The van der Waals surface area contributed by atoms with Gasteiger partial charge in [0.15, 0.2) is 0 Å². The molecule has 2 rings (SSSR count). The maximum atomic E-state index is 12.3. The highest BCUT2D eigenvalue weighted by Crippen LogP contribution is 2.23. The van der Waals surface area contributed by atoms with Crippen molar-refractivity contribution in [1.82, 2.24) is 4.90 Å². The molecular formula is C20H29NO5S. The van der Waals surface area contributed by atoms with Gasteiger partial charge in [-0.15, -0.1) is 0 Å². The van der Waals surface area contributed by atoms with Gasteiger partial charge in [0.05, 0.1) is 11.5 Å². The van der Waals surface area contributed by atoms with Crippen molar-refractivity contribution in [1.29, 1.82) is 0 Å². The Hall–Kier alpha value is -1.73. The van der Waals surface area contributed by atoms with Gasteiger partial charge in [0, 0.05) is 25.4 Å².